The average Bonchev–Trinajstić information content (AvgIpc) is 2.91. The van der Waals surface area contributed by atoms with E-state index in [1.807, 2.05) is 12.1 Å². The van der Waals surface area contributed by atoms with Crippen molar-refractivity contribution in [1.82, 2.24) is 4.90 Å². The van der Waals surface area contributed by atoms with Crippen molar-refractivity contribution in [3.8, 4) is 5.75 Å². The number of rotatable bonds is 2. The van der Waals surface area contributed by atoms with Gasteiger partial charge in [0, 0.05) is 21.5 Å². The molecule has 1 atom stereocenters. The monoisotopic (exact) mass is 343 g/mol. The number of ether oxygens (including phenoxy) is 1. The third kappa shape index (κ3) is 2.44. The summed E-state index contributed by atoms with van der Waals surface area (Å²) >= 11 is 8.54. The number of benzene rings is 2. The van der Waals surface area contributed by atoms with E-state index in [1.54, 1.807) is 18.4 Å². The van der Waals surface area contributed by atoms with Crippen LogP contribution in [0, 0.1) is 0 Å². The van der Waals surface area contributed by atoms with Gasteiger partial charge in [0.05, 0.1) is 18.2 Å². The Morgan fingerprint density at radius 3 is 2.83 bits per heavy atom. The normalized spacial score (nSPS) is 18.1. The van der Waals surface area contributed by atoms with Gasteiger partial charge in [-0.05, 0) is 42.8 Å². The van der Waals surface area contributed by atoms with Crippen LogP contribution in [-0.4, -0.2) is 25.6 Å². The van der Waals surface area contributed by atoms with Crippen LogP contribution in [0.15, 0.2) is 42.5 Å². The van der Waals surface area contributed by atoms with Gasteiger partial charge < -0.3 is 4.74 Å². The number of hydrogen-bond acceptors (Lipinski definition) is 3. The molecule has 0 fully saturated rings. The SMILES string of the molecule is COc1ccc2c(c1)CCN(C)C2c1sc2ccccc2c1Cl. The molecule has 1 unspecified atom stereocenters. The van der Waals surface area contributed by atoms with E-state index in [-0.39, 0.29) is 6.04 Å². The molecule has 0 saturated heterocycles. The van der Waals surface area contributed by atoms with E-state index >= 15 is 0 Å². The molecule has 118 valence electrons. The Bertz CT molecular complexity index is 873. The molecule has 23 heavy (non-hydrogen) atoms. The third-order valence-corrected chi connectivity index (χ3v) is 6.37. The molecule has 1 aromatic heterocycles. The molecule has 2 aromatic carbocycles. The highest BCUT2D eigenvalue weighted by Gasteiger charge is 2.30. The fraction of sp³-hybridized carbons (Fsp3) is 0.263. The van der Waals surface area contributed by atoms with E-state index in [4.69, 9.17) is 16.3 Å². The van der Waals surface area contributed by atoms with Gasteiger partial charge in [-0.25, -0.2) is 0 Å². The van der Waals surface area contributed by atoms with Crippen molar-refractivity contribution < 1.29 is 4.74 Å². The van der Waals surface area contributed by atoms with Crippen LogP contribution < -0.4 is 4.74 Å². The number of fused-ring (bicyclic) bond motifs is 2. The van der Waals surface area contributed by atoms with Crippen LogP contribution in [0.5, 0.6) is 5.75 Å². The maximum absolute atomic E-state index is 6.74. The molecule has 0 saturated carbocycles. The fourth-order valence-electron chi connectivity index (χ4n) is 3.41. The Morgan fingerprint density at radius 1 is 1.22 bits per heavy atom. The molecule has 0 spiro atoms. The molecule has 4 heteroatoms. The van der Waals surface area contributed by atoms with Crippen LogP contribution in [-0.2, 0) is 6.42 Å². The maximum Gasteiger partial charge on any atom is 0.119 e. The molecule has 0 aliphatic carbocycles. The first-order chi connectivity index (χ1) is 11.2. The zero-order valence-corrected chi connectivity index (χ0v) is 14.7. The predicted octanol–water partition coefficient (Wildman–Crippen LogP) is 5.14. The van der Waals surface area contributed by atoms with E-state index in [2.05, 4.69) is 42.3 Å². The Hall–Kier alpha value is -1.55. The van der Waals surface area contributed by atoms with E-state index in [0.717, 1.165) is 29.1 Å². The minimum absolute atomic E-state index is 0.217. The zero-order valence-electron chi connectivity index (χ0n) is 13.2. The Balaban J connectivity index is 1.89. The largest absolute Gasteiger partial charge is 0.497 e. The standard InChI is InChI=1S/C19H18ClNOS/c1-21-10-9-12-11-13(22-2)7-8-14(12)18(21)19-17(20)15-5-3-4-6-16(15)23-19/h3-8,11,18H,9-10H2,1-2H3. The quantitative estimate of drug-likeness (QED) is 0.638. The summed E-state index contributed by atoms with van der Waals surface area (Å²) in [5.41, 5.74) is 2.70. The van der Waals surface area contributed by atoms with Crippen LogP contribution in [0.25, 0.3) is 10.1 Å². The third-order valence-electron chi connectivity index (χ3n) is 4.63. The van der Waals surface area contributed by atoms with Crippen molar-refractivity contribution in [3.05, 3.63) is 63.5 Å². The first-order valence-electron chi connectivity index (χ1n) is 7.73. The van der Waals surface area contributed by atoms with Crippen LogP contribution in [0.4, 0.5) is 0 Å². The molecule has 3 aromatic rings. The summed E-state index contributed by atoms with van der Waals surface area (Å²) in [6.45, 7) is 1.02. The molecule has 1 aliphatic heterocycles. The lowest BCUT2D eigenvalue weighted by molar-refractivity contribution is 0.267. The molecule has 0 bridgehead atoms. The van der Waals surface area contributed by atoms with E-state index in [9.17, 15) is 0 Å². The second kappa shape index (κ2) is 5.82. The predicted molar refractivity (Wildman–Crippen MR) is 98.0 cm³/mol. The average molecular weight is 344 g/mol. The van der Waals surface area contributed by atoms with Gasteiger partial charge in [-0.1, -0.05) is 35.9 Å². The first-order valence-corrected chi connectivity index (χ1v) is 8.92. The molecule has 0 radical (unpaired) electrons. The van der Waals surface area contributed by atoms with Crippen molar-refractivity contribution in [2.24, 2.45) is 0 Å². The molecule has 2 heterocycles. The summed E-state index contributed by atoms with van der Waals surface area (Å²) in [5.74, 6) is 0.925. The van der Waals surface area contributed by atoms with Gasteiger partial charge in [-0.15, -0.1) is 11.3 Å². The fourth-order valence-corrected chi connectivity index (χ4v) is 5.13. The van der Waals surface area contributed by atoms with Gasteiger partial charge in [0.1, 0.15) is 5.75 Å². The highest BCUT2D eigenvalue weighted by molar-refractivity contribution is 7.19. The van der Waals surface area contributed by atoms with Gasteiger partial charge in [-0.2, -0.15) is 0 Å². The summed E-state index contributed by atoms with van der Waals surface area (Å²) in [6.07, 6.45) is 1.04. The van der Waals surface area contributed by atoms with Crippen molar-refractivity contribution in [1.29, 1.82) is 0 Å². The second-order valence-electron chi connectivity index (χ2n) is 5.97. The molecule has 0 N–H and O–H groups in total. The topological polar surface area (TPSA) is 12.5 Å². The van der Waals surface area contributed by atoms with Crippen LogP contribution in [0.3, 0.4) is 0 Å². The number of hydrogen-bond donors (Lipinski definition) is 0. The van der Waals surface area contributed by atoms with Crippen molar-refractivity contribution in [2.45, 2.75) is 12.5 Å². The van der Waals surface area contributed by atoms with E-state index in [1.165, 1.54) is 20.7 Å². The number of likely N-dealkylation sites (N-methyl/N-ethyl adjacent to an activating group) is 1. The summed E-state index contributed by atoms with van der Waals surface area (Å²) in [4.78, 5) is 3.63. The number of nitrogens with zero attached hydrogens (tertiary/aromatic N) is 1. The maximum atomic E-state index is 6.74. The van der Waals surface area contributed by atoms with Crippen molar-refractivity contribution in [3.63, 3.8) is 0 Å². The molecule has 4 rings (SSSR count). The number of methoxy groups -OCH3 is 1. The molecule has 0 amide bonds. The van der Waals surface area contributed by atoms with Gasteiger partial charge in [0.25, 0.3) is 0 Å². The van der Waals surface area contributed by atoms with Gasteiger partial charge >= 0.3 is 0 Å². The smallest absolute Gasteiger partial charge is 0.119 e. The van der Waals surface area contributed by atoms with Gasteiger partial charge in [-0.3, -0.25) is 4.90 Å². The lowest BCUT2D eigenvalue weighted by Crippen LogP contribution is -2.32. The van der Waals surface area contributed by atoms with E-state index in [0.29, 0.717) is 0 Å². The summed E-state index contributed by atoms with van der Waals surface area (Å²) in [7, 11) is 3.90. The number of halogens is 1. The van der Waals surface area contributed by atoms with Gasteiger partial charge in [0.2, 0.25) is 0 Å². The Morgan fingerprint density at radius 2 is 2.04 bits per heavy atom. The minimum atomic E-state index is 0.217. The summed E-state index contributed by atoms with van der Waals surface area (Å²) < 4.78 is 6.63. The zero-order chi connectivity index (χ0) is 16.0. The van der Waals surface area contributed by atoms with Gasteiger partial charge in [0.15, 0.2) is 0 Å². The van der Waals surface area contributed by atoms with Crippen LogP contribution >= 0.6 is 22.9 Å². The summed E-state index contributed by atoms with van der Waals surface area (Å²) in [6, 6.07) is 15.0. The van der Waals surface area contributed by atoms with Crippen LogP contribution in [0.2, 0.25) is 5.02 Å². The molecular weight excluding hydrogens is 326 g/mol. The summed E-state index contributed by atoms with van der Waals surface area (Å²) in [5, 5.41) is 2.05. The van der Waals surface area contributed by atoms with Crippen molar-refractivity contribution in [2.75, 3.05) is 20.7 Å². The van der Waals surface area contributed by atoms with Crippen molar-refractivity contribution >= 4 is 33.0 Å². The Kier molecular flexibility index (Phi) is 3.80. The lowest BCUT2D eigenvalue weighted by atomic mass is 9.91. The van der Waals surface area contributed by atoms with Crippen LogP contribution in [0.1, 0.15) is 22.0 Å². The highest BCUT2D eigenvalue weighted by atomic mass is 35.5. The second-order valence-corrected chi connectivity index (χ2v) is 7.44. The minimum Gasteiger partial charge on any atom is -0.497 e. The highest BCUT2D eigenvalue weighted by Crippen LogP contribution is 2.45. The lowest BCUT2D eigenvalue weighted by Gasteiger charge is -2.34. The molecular formula is C19H18ClNOS. The molecule has 2 nitrogen and oxygen atoms in total. The molecule has 1 aliphatic rings. The Labute approximate surface area is 145 Å². The first kappa shape index (κ1) is 15.0. The van der Waals surface area contributed by atoms with E-state index < -0.39 is 0 Å². The number of thiophene rings is 1.